The number of carbonyl (C=O) groups is 6. The summed E-state index contributed by atoms with van der Waals surface area (Å²) in [4.78, 5) is 61.1. The maximum atomic E-state index is 10.4. The Labute approximate surface area is 153 Å². The van der Waals surface area contributed by atoms with E-state index in [9.17, 15) is 28.8 Å². The van der Waals surface area contributed by atoms with Crippen LogP contribution in [0.15, 0.2) is 0 Å². The van der Waals surface area contributed by atoms with Crippen LogP contribution >= 0.6 is 0 Å². The fraction of sp³-hybridized carbons (Fsp3) is 0.538. The number of carboxylic acid groups (broad SMARTS) is 3. The third kappa shape index (κ3) is 17.2. The molecule has 1 rings (SSSR count). The van der Waals surface area contributed by atoms with E-state index in [1.807, 2.05) is 0 Å². The molecule has 1 heterocycles. The Hall–Kier alpha value is -3.42. The van der Waals surface area contributed by atoms with E-state index in [2.05, 4.69) is 16.4 Å². The van der Waals surface area contributed by atoms with E-state index in [1.165, 1.54) is 7.05 Å². The van der Waals surface area contributed by atoms with Crippen LogP contribution in [0.4, 0.5) is 4.79 Å². The van der Waals surface area contributed by atoms with Crippen molar-refractivity contribution in [3.05, 3.63) is 0 Å². The van der Waals surface area contributed by atoms with Gasteiger partial charge in [0, 0.05) is 13.5 Å². The van der Waals surface area contributed by atoms with Crippen molar-refractivity contribution in [1.82, 2.24) is 15.5 Å². The molecular weight excluding hydrogens is 370 g/mol. The summed E-state index contributed by atoms with van der Waals surface area (Å²) < 4.78 is 0. The molecule has 27 heavy (non-hydrogen) atoms. The molecule has 0 unspecified atom stereocenters. The Morgan fingerprint density at radius 3 is 1.89 bits per heavy atom. The number of urea groups is 1. The number of aliphatic carboxylic acids is 3. The molecule has 0 saturated carbocycles. The first-order valence-corrected chi connectivity index (χ1v) is 7.32. The van der Waals surface area contributed by atoms with E-state index in [0.29, 0.717) is 12.8 Å². The summed E-state index contributed by atoms with van der Waals surface area (Å²) in [5, 5.41) is 29.0. The van der Waals surface area contributed by atoms with Crippen molar-refractivity contribution < 1.29 is 44.1 Å². The summed E-state index contributed by atoms with van der Waals surface area (Å²) in [6, 6.07) is -1.38. The summed E-state index contributed by atoms with van der Waals surface area (Å²) in [5.41, 5.74) is 9.39. The maximum absolute atomic E-state index is 10.4. The van der Waals surface area contributed by atoms with Gasteiger partial charge in [-0.2, -0.15) is 0 Å². The van der Waals surface area contributed by atoms with Gasteiger partial charge in [0.25, 0.3) is 0 Å². The second kappa shape index (κ2) is 13.8. The van der Waals surface area contributed by atoms with Crippen molar-refractivity contribution in [3.8, 4) is 0 Å². The van der Waals surface area contributed by atoms with Crippen molar-refractivity contribution in [2.75, 3.05) is 26.7 Å². The number of hydrogen-bond donors (Lipinski definition) is 7. The normalized spacial score (nSPS) is 14.4. The van der Waals surface area contributed by atoms with Crippen LogP contribution in [0.5, 0.6) is 0 Å². The molecule has 4 amide bonds. The minimum absolute atomic E-state index is 0.0910. The Morgan fingerprint density at radius 2 is 1.67 bits per heavy atom. The number of primary amides is 2. The molecule has 1 fully saturated rings. The van der Waals surface area contributed by atoms with Gasteiger partial charge in [0.05, 0.1) is 13.1 Å². The standard InChI is InChI=1S/C5H7NO3.2C4H8N2O3/c7-4-2-1-3(6-4)5(8)9;1-6(4(5)9)2-3(7)8;5-3(7)1-6-2-4(8)9/h3H,1-2H2,(H,6,7)(H,8,9);2H2,1H3,(H2,5,9)(H,7,8);6H,1-2H2,(H2,5,7)(H,8,9)/t3-;;/m0../s1. The molecule has 0 aromatic rings. The van der Waals surface area contributed by atoms with Gasteiger partial charge in [-0.05, 0) is 6.42 Å². The maximum Gasteiger partial charge on any atom is 0.326 e. The molecular formula is C13H23N5O9. The summed E-state index contributed by atoms with van der Waals surface area (Å²) >= 11 is 0. The van der Waals surface area contributed by atoms with Gasteiger partial charge in [0.15, 0.2) is 0 Å². The number of nitrogens with zero attached hydrogens (tertiary/aromatic N) is 1. The Bertz CT molecular complexity index is 550. The number of nitrogens with two attached hydrogens (primary N) is 2. The quantitative estimate of drug-likeness (QED) is 0.226. The van der Waals surface area contributed by atoms with Crippen LogP contribution in [0.3, 0.4) is 0 Å². The van der Waals surface area contributed by atoms with E-state index in [4.69, 9.17) is 21.1 Å². The van der Waals surface area contributed by atoms with Crippen LogP contribution in [-0.4, -0.2) is 88.7 Å². The average Bonchev–Trinajstić information content (AvgIpc) is 2.94. The molecule has 1 aliphatic heterocycles. The highest BCUT2D eigenvalue weighted by Gasteiger charge is 2.26. The van der Waals surface area contributed by atoms with Gasteiger partial charge >= 0.3 is 23.9 Å². The molecule has 9 N–H and O–H groups in total. The van der Waals surface area contributed by atoms with Crippen molar-refractivity contribution in [2.24, 2.45) is 11.5 Å². The Balaban J connectivity index is 0. The minimum Gasteiger partial charge on any atom is -0.480 e. The number of hydrogen-bond acceptors (Lipinski definition) is 7. The fourth-order valence-electron chi connectivity index (χ4n) is 1.37. The zero-order chi connectivity index (χ0) is 21.6. The molecule has 0 spiro atoms. The lowest BCUT2D eigenvalue weighted by molar-refractivity contribution is -0.140. The molecule has 0 radical (unpaired) electrons. The lowest BCUT2D eigenvalue weighted by Crippen LogP contribution is -2.35. The third-order valence-electron chi connectivity index (χ3n) is 2.62. The van der Waals surface area contributed by atoms with Crippen molar-refractivity contribution >= 4 is 35.8 Å². The highest BCUT2D eigenvalue weighted by molar-refractivity contribution is 5.87. The molecule has 1 atom stereocenters. The summed E-state index contributed by atoms with van der Waals surface area (Å²) in [7, 11) is 1.32. The van der Waals surface area contributed by atoms with E-state index < -0.39 is 35.9 Å². The molecule has 0 aromatic heterocycles. The predicted molar refractivity (Wildman–Crippen MR) is 88.3 cm³/mol. The van der Waals surface area contributed by atoms with E-state index in [1.54, 1.807) is 0 Å². The van der Waals surface area contributed by atoms with Gasteiger partial charge in [-0.15, -0.1) is 0 Å². The van der Waals surface area contributed by atoms with E-state index in [-0.39, 0.29) is 25.5 Å². The van der Waals surface area contributed by atoms with Gasteiger partial charge in [0.1, 0.15) is 12.6 Å². The average molecular weight is 393 g/mol. The minimum atomic E-state index is -1.07. The predicted octanol–water partition coefficient (Wildman–Crippen LogP) is -3.42. The van der Waals surface area contributed by atoms with Gasteiger partial charge < -0.3 is 37.0 Å². The Kier molecular flexibility index (Phi) is 13.2. The molecule has 0 aromatic carbocycles. The highest BCUT2D eigenvalue weighted by Crippen LogP contribution is 2.05. The van der Waals surface area contributed by atoms with E-state index >= 15 is 0 Å². The van der Waals surface area contributed by atoms with Crippen LogP contribution in [0, 0.1) is 0 Å². The van der Waals surface area contributed by atoms with Crippen LogP contribution in [0.25, 0.3) is 0 Å². The lowest BCUT2D eigenvalue weighted by Gasteiger charge is -2.08. The fourth-order valence-corrected chi connectivity index (χ4v) is 1.37. The first-order valence-electron chi connectivity index (χ1n) is 7.32. The first-order chi connectivity index (χ1) is 12.4. The van der Waals surface area contributed by atoms with Crippen LogP contribution in [0.1, 0.15) is 12.8 Å². The molecule has 0 bridgehead atoms. The van der Waals surface area contributed by atoms with E-state index in [0.717, 1.165) is 4.90 Å². The zero-order valence-corrected chi connectivity index (χ0v) is 14.5. The molecule has 14 heteroatoms. The first kappa shape index (κ1) is 25.8. The molecule has 14 nitrogen and oxygen atoms in total. The molecule has 0 aliphatic carbocycles. The summed E-state index contributed by atoms with van der Waals surface area (Å²) in [6.45, 7) is -0.676. The Morgan fingerprint density at radius 1 is 1.11 bits per heavy atom. The number of carbonyl (C=O) groups excluding carboxylic acids is 3. The van der Waals surface area contributed by atoms with Gasteiger partial charge in [-0.25, -0.2) is 9.59 Å². The van der Waals surface area contributed by atoms with Gasteiger partial charge in [0.2, 0.25) is 11.8 Å². The van der Waals surface area contributed by atoms with Crippen LogP contribution in [-0.2, 0) is 24.0 Å². The number of likely N-dealkylation sites (N-methyl/N-ethyl adjacent to an activating group) is 1. The second-order valence-electron chi connectivity index (χ2n) is 5.05. The van der Waals surface area contributed by atoms with Gasteiger partial charge in [-0.3, -0.25) is 24.5 Å². The topological polar surface area (TPSA) is 242 Å². The van der Waals surface area contributed by atoms with Crippen LogP contribution < -0.4 is 22.1 Å². The van der Waals surface area contributed by atoms with Crippen molar-refractivity contribution in [1.29, 1.82) is 0 Å². The monoisotopic (exact) mass is 393 g/mol. The highest BCUT2D eigenvalue weighted by atomic mass is 16.4. The third-order valence-corrected chi connectivity index (χ3v) is 2.62. The number of rotatable bonds is 7. The van der Waals surface area contributed by atoms with Gasteiger partial charge in [-0.1, -0.05) is 0 Å². The molecule has 1 aliphatic rings. The number of carboxylic acids is 3. The van der Waals surface area contributed by atoms with Crippen molar-refractivity contribution in [3.63, 3.8) is 0 Å². The number of nitrogens with one attached hydrogen (secondary N) is 2. The second-order valence-corrected chi connectivity index (χ2v) is 5.05. The molecule has 154 valence electrons. The summed E-state index contributed by atoms with van der Waals surface area (Å²) in [5.74, 6) is -3.74. The SMILES string of the molecule is CN(CC(=O)O)C(N)=O.NC(=O)CNCC(=O)O.O=C1CC[C@@H](C(=O)O)N1. The largest absolute Gasteiger partial charge is 0.480 e. The number of amides is 4. The van der Waals surface area contributed by atoms with Crippen LogP contribution in [0.2, 0.25) is 0 Å². The van der Waals surface area contributed by atoms with Crippen molar-refractivity contribution in [2.45, 2.75) is 18.9 Å². The molecule has 1 saturated heterocycles. The lowest BCUT2D eigenvalue weighted by atomic mass is 10.2. The smallest absolute Gasteiger partial charge is 0.326 e. The zero-order valence-electron chi connectivity index (χ0n) is 14.5. The summed E-state index contributed by atoms with van der Waals surface area (Å²) in [6.07, 6.45) is 0.769.